The molecule has 0 rings (SSSR count). The molecule has 1 unspecified atom stereocenters. The molecule has 0 aliphatic rings. The molecule has 0 bridgehead atoms. The van der Waals surface area contributed by atoms with Gasteiger partial charge in [-0.2, -0.15) is 0 Å². The third-order valence-electron chi connectivity index (χ3n) is 4.62. The Hall–Kier alpha value is -0.553. The third kappa shape index (κ3) is 5.09. The van der Waals surface area contributed by atoms with Crippen molar-refractivity contribution in [3.05, 3.63) is 0 Å². The van der Waals surface area contributed by atoms with Gasteiger partial charge in [-0.1, -0.05) is 73.6 Å². The first-order valence-electron chi connectivity index (χ1n) is 8.30. The minimum Gasteiger partial charge on any atom is -0.302 e. The highest BCUT2D eigenvalue weighted by molar-refractivity contribution is 6.90. The first-order chi connectivity index (χ1) is 9.32. The second-order valence-electron chi connectivity index (χ2n) is 6.90. The van der Waals surface area contributed by atoms with Crippen molar-refractivity contribution < 1.29 is 4.79 Å². The van der Waals surface area contributed by atoms with Crippen LogP contribution in [0.2, 0.25) is 16.6 Å². The maximum absolute atomic E-state index is 11.2. The van der Waals surface area contributed by atoms with Crippen molar-refractivity contribution in [2.24, 2.45) is 5.92 Å². The molecule has 1 atom stereocenters. The minimum atomic E-state index is -1.67. The van der Waals surface area contributed by atoms with Crippen LogP contribution in [-0.2, 0) is 4.79 Å². The van der Waals surface area contributed by atoms with Gasteiger partial charge in [0.1, 0.15) is 14.4 Å². The largest absolute Gasteiger partial charge is 0.302 e. The lowest BCUT2D eigenvalue weighted by atomic mass is 10.0. The molecule has 0 aliphatic heterocycles. The molecule has 2 heteroatoms. The average Bonchev–Trinajstić information content (AvgIpc) is 2.36. The molecule has 0 fully saturated rings. The molecule has 20 heavy (non-hydrogen) atoms. The van der Waals surface area contributed by atoms with Gasteiger partial charge in [-0.15, -0.1) is 5.54 Å². The second kappa shape index (κ2) is 9.40. The Balaban J connectivity index is 5.15. The lowest BCUT2D eigenvalue weighted by molar-refractivity contribution is -0.109. The Morgan fingerprint density at radius 2 is 1.45 bits per heavy atom. The molecule has 0 aliphatic carbocycles. The minimum absolute atomic E-state index is 0.0512. The standard InChI is InChI=1S/C18H34OSi/c1-8-9-10-11-18(14-19)12-13-20(15(2)3,16(4)5)17(6)7/h14-18H,8-11H2,1-7H3. The first kappa shape index (κ1) is 19.4. The molecule has 0 heterocycles. The van der Waals surface area contributed by atoms with E-state index in [9.17, 15) is 4.79 Å². The lowest BCUT2D eigenvalue weighted by Gasteiger charge is -2.38. The van der Waals surface area contributed by atoms with E-state index < -0.39 is 8.07 Å². The number of unbranched alkanes of at least 4 members (excludes halogenated alkanes) is 2. The lowest BCUT2D eigenvalue weighted by Crippen LogP contribution is -2.43. The van der Waals surface area contributed by atoms with E-state index in [2.05, 4.69) is 59.9 Å². The summed E-state index contributed by atoms with van der Waals surface area (Å²) >= 11 is 0. The molecule has 0 spiro atoms. The number of hydrogen-bond donors (Lipinski definition) is 0. The molecule has 0 saturated carbocycles. The average molecular weight is 295 g/mol. The summed E-state index contributed by atoms with van der Waals surface area (Å²) in [4.78, 5) is 11.2. The van der Waals surface area contributed by atoms with Crippen molar-refractivity contribution in [2.75, 3.05) is 0 Å². The van der Waals surface area contributed by atoms with Gasteiger partial charge >= 0.3 is 0 Å². The van der Waals surface area contributed by atoms with Crippen LogP contribution in [0.5, 0.6) is 0 Å². The molecule has 0 aromatic heterocycles. The van der Waals surface area contributed by atoms with Gasteiger partial charge in [0, 0.05) is 0 Å². The normalized spacial score (nSPS) is 13.5. The van der Waals surface area contributed by atoms with E-state index >= 15 is 0 Å². The van der Waals surface area contributed by atoms with Crippen LogP contribution in [-0.4, -0.2) is 14.4 Å². The highest BCUT2D eigenvalue weighted by Crippen LogP contribution is 2.40. The number of aldehydes is 1. The highest BCUT2D eigenvalue weighted by atomic mass is 28.3. The molecule has 0 saturated heterocycles. The molecule has 0 radical (unpaired) electrons. The van der Waals surface area contributed by atoms with Gasteiger partial charge in [-0.25, -0.2) is 0 Å². The molecular formula is C18H34OSi. The number of rotatable bonds is 8. The fraction of sp³-hybridized carbons (Fsp3) is 0.833. The predicted molar refractivity (Wildman–Crippen MR) is 92.5 cm³/mol. The number of carbonyl (C=O) groups is 1. The van der Waals surface area contributed by atoms with Crippen LogP contribution >= 0.6 is 0 Å². The Labute approximate surface area is 127 Å². The summed E-state index contributed by atoms with van der Waals surface area (Å²) in [6.07, 6.45) is 5.51. The third-order valence-corrected chi connectivity index (χ3v) is 10.9. The maximum Gasteiger partial charge on any atom is 0.145 e. The summed E-state index contributed by atoms with van der Waals surface area (Å²) in [5.74, 6) is 3.31. The van der Waals surface area contributed by atoms with Crippen molar-refractivity contribution in [3.8, 4) is 11.5 Å². The van der Waals surface area contributed by atoms with Crippen LogP contribution in [0.15, 0.2) is 0 Å². The van der Waals surface area contributed by atoms with E-state index in [-0.39, 0.29) is 5.92 Å². The molecular weight excluding hydrogens is 260 g/mol. The smallest absolute Gasteiger partial charge is 0.145 e. The summed E-state index contributed by atoms with van der Waals surface area (Å²) in [5, 5.41) is 0. The Bertz CT molecular complexity index is 311. The summed E-state index contributed by atoms with van der Waals surface area (Å²) in [6, 6.07) is 0. The van der Waals surface area contributed by atoms with Gasteiger partial charge in [0.2, 0.25) is 0 Å². The van der Waals surface area contributed by atoms with E-state index in [0.717, 1.165) is 19.1 Å². The van der Waals surface area contributed by atoms with E-state index in [1.54, 1.807) is 0 Å². The summed E-state index contributed by atoms with van der Waals surface area (Å²) in [5.41, 5.74) is 5.58. The van der Waals surface area contributed by atoms with E-state index in [4.69, 9.17) is 0 Å². The Kier molecular flexibility index (Phi) is 9.14. The van der Waals surface area contributed by atoms with E-state index in [1.165, 1.54) is 12.8 Å². The number of hydrogen-bond acceptors (Lipinski definition) is 1. The first-order valence-corrected chi connectivity index (χ1v) is 10.5. The van der Waals surface area contributed by atoms with Crippen molar-refractivity contribution >= 4 is 14.4 Å². The van der Waals surface area contributed by atoms with Crippen LogP contribution in [0.1, 0.15) is 74.1 Å². The van der Waals surface area contributed by atoms with Crippen LogP contribution in [0.25, 0.3) is 0 Å². The van der Waals surface area contributed by atoms with Crippen LogP contribution in [0, 0.1) is 17.4 Å². The quantitative estimate of drug-likeness (QED) is 0.246. The molecule has 0 aromatic carbocycles. The van der Waals surface area contributed by atoms with Gasteiger partial charge in [0.25, 0.3) is 0 Å². The fourth-order valence-electron chi connectivity index (χ4n) is 3.44. The van der Waals surface area contributed by atoms with Crippen molar-refractivity contribution in [1.29, 1.82) is 0 Å². The molecule has 1 nitrogen and oxygen atoms in total. The highest BCUT2D eigenvalue weighted by Gasteiger charge is 2.41. The summed E-state index contributed by atoms with van der Waals surface area (Å²) in [7, 11) is -1.67. The van der Waals surface area contributed by atoms with Gasteiger partial charge in [0.15, 0.2) is 0 Å². The monoisotopic (exact) mass is 294 g/mol. The zero-order valence-electron chi connectivity index (χ0n) is 14.6. The molecule has 0 N–H and O–H groups in total. The topological polar surface area (TPSA) is 17.1 Å². The van der Waals surface area contributed by atoms with Crippen molar-refractivity contribution in [3.63, 3.8) is 0 Å². The van der Waals surface area contributed by atoms with E-state index in [1.807, 2.05) is 0 Å². The van der Waals surface area contributed by atoms with E-state index in [0.29, 0.717) is 16.6 Å². The second-order valence-corrected chi connectivity index (χ2v) is 12.5. The SMILES string of the molecule is CCCCCC(C#C[Si](C(C)C)(C(C)C)C(C)C)C=O. The van der Waals surface area contributed by atoms with Crippen LogP contribution in [0.3, 0.4) is 0 Å². The van der Waals surface area contributed by atoms with Crippen molar-refractivity contribution in [1.82, 2.24) is 0 Å². The molecule has 116 valence electrons. The molecule has 0 aromatic rings. The van der Waals surface area contributed by atoms with Gasteiger partial charge < -0.3 is 4.79 Å². The fourth-order valence-corrected chi connectivity index (χ4v) is 8.74. The van der Waals surface area contributed by atoms with Gasteiger partial charge in [-0.3, -0.25) is 0 Å². The van der Waals surface area contributed by atoms with Gasteiger partial charge in [0.05, 0.1) is 5.92 Å². The predicted octanol–water partition coefficient (Wildman–Crippen LogP) is 5.60. The molecule has 0 amide bonds. The summed E-state index contributed by atoms with van der Waals surface area (Å²) in [6.45, 7) is 16.1. The van der Waals surface area contributed by atoms with Crippen molar-refractivity contribution in [2.45, 2.75) is 90.8 Å². The zero-order valence-corrected chi connectivity index (χ0v) is 15.6. The maximum atomic E-state index is 11.2. The van der Waals surface area contributed by atoms with Gasteiger partial charge in [-0.05, 0) is 23.0 Å². The van der Waals surface area contributed by atoms with Crippen LogP contribution < -0.4 is 0 Å². The Morgan fingerprint density at radius 1 is 0.950 bits per heavy atom. The summed E-state index contributed by atoms with van der Waals surface area (Å²) < 4.78 is 0. The van der Waals surface area contributed by atoms with Crippen LogP contribution in [0.4, 0.5) is 0 Å². The number of carbonyl (C=O) groups excluding carboxylic acids is 1. The Morgan fingerprint density at radius 3 is 1.80 bits per heavy atom. The zero-order chi connectivity index (χ0) is 15.8.